The Bertz CT molecular complexity index is 758. The molecule has 4 aliphatic rings. The van der Waals surface area contributed by atoms with Crippen LogP contribution < -0.4 is 0 Å². The minimum absolute atomic E-state index is 0.688. The Morgan fingerprint density at radius 3 is 2.11 bits per heavy atom. The molecule has 5 rings (SSSR count). The topological polar surface area (TPSA) is 71.1 Å². The van der Waals surface area contributed by atoms with Gasteiger partial charge in [0.2, 0.25) is 0 Å². The molecule has 0 aromatic carbocycles. The van der Waals surface area contributed by atoms with Crippen LogP contribution in [0.4, 0.5) is 0 Å². The zero-order valence-corrected chi connectivity index (χ0v) is 26.2. The van der Waals surface area contributed by atoms with E-state index in [2.05, 4.69) is 18.1 Å². The van der Waals surface area contributed by atoms with E-state index in [9.17, 15) is 0 Å². The lowest BCUT2D eigenvalue weighted by molar-refractivity contribution is -0.0435. The zero-order valence-electron chi connectivity index (χ0n) is 26.2. The number of aryl methyl sites for hydroxylation is 1. The first-order valence-corrected chi connectivity index (χ1v) is 16.2. The van der Waals surface area contributed by atoms with Crippen LogP contribution in [0.15, 0.2) is 12.4 Å². The van der Waals surface area contributed by atoms with Crippen molar-refractivity contribution in [2.24, 2.45) is 47.3 Å². The first-order chi connectivity index (χ1) is 18.8. The van der Waals surface area contributed by atoms with E-state index in [1.165, 1.54) is 64.2 Å². The normalized spacial score (nSPS) is 32.4. The first-order valence-electron chi connectivity index (χ1n) is 16.2. The van der Waals surface area contributed by atoms with Crippen molar-refractivity contribution < 1.29 is 9.84 Å². The van der Waals surface area contributed by atoms with Gasteiger partial charge in [-0.3, -0.25) is 4.68 Å². The molecule has 0 amide bonds. The van der Waals surface area contributed by atoms with Crippen LogP contribution in [-0.2, 0) is 11.3 Å². The fourth-order valence-corrected chi connectivity index (χ4v) is 8.36. The maximum Gasteiger partial charge on any atom is 0.102 e. The third-order valence-corrected chi connectivity index (χ3v) is 9.58. The van der Waals surface area contributed by atoms with Gasteiger partial charge in [-0.2, -0.15) is 10.4 Å². The van der Waals surface area contributed by atoms with Gasteiger partial charge in [0.05, 0.1) is 11.8 Å². The van der Waals surface area contributed by atoms with Crippen LogP contribution in [-0.4, -0.2) is 35.2 Å². The number of fused-ring (bicyclic) bond motifs is 5. The van der Waals surface area contributed by atoms with Crippen LogP contribution in [0.5, 0.6) is 0 Å². The summed E-state index contributed by atoms with van der Waals surface area (Å²) in [6.45, 7) is 17.0. The van der Waals surface area contributed by atoms with E-state index in [1.54, 1.807) is 6.20 Å². The number of nitriles is 1. The third-order valence-electron chi connectivity index (χ3n) is 9.58. The summed E-state index contributed by atoms with van der Waals surface area (Å²) < 4.78 is 7.76. The van der Waals surface area contributed by atoms with E-state index in [-0.39, 0.29) is 0 Å². The van der Waals surface area contributed by atoms with Gasteiger partial charge in [-0.15, -0.1) is 0 Å². The molecular weight excluding hydrogens is 470 g/mol. The van der Waals surface area contributed by atoms with Gasteiger partial charge in [0.25, 0.3) is 0 Å². The number of nitrogens with zero attached hydrogens (tertiary/aromatic N) is 3. The molecule has 0 bridgehead atoms. The van der Waals surface area contributed by atoms with Gasteiger partial charge in [0.15, 0.2) is 0 Å². The average molecular weight is 532 g/mol. The minimum Gasteiger partial charge on any atom is -0.400 e. The van der Waals surface area contributed by atoms with Crippen molar-refractivity contribution in [3.8, 4) is 6.07 Å². The quantitative estimate of drug-likeness (QED) is 0.400. The Hall–Kier alpha value is -1.38. The summed E-state index contributed by atoms with van der Waals surface area (Å²) in [5.74, 6) is 7.74. The second-order valence-electron chi connectivity index (χ2n) is 10.8. The number of hydrogen-bond acceptors (Lipinski definition) is 4. The second-order valence-corrected chi connectivity index (χ2v) is 10.8. The molecule has 5 heteroatoms. The lowest BCUT2D eigenvalue weighted by Gasteiger charge is -2.53. The van der Waals surface area contributed by atoms with E-state index < -0.39 is 0 Å². The third kappa shape index (κ3) is 8.82. The summed E-state index contributed by atoms with van der Waals surface area (Å²) in [4.78, 5) is 0. The molecule has 1 N–H and O–H groups in total. The maximum atomic E-state index is 9.02. The van der Waals surface area contributed by atoms with Crippen LogP contribution in [0.3, 0.4) is 0 Å². The SMILES string of the molecule is CC.CC.CC.CCOCC1CCC2C(CCC3C2CCC2C3CC[C@@H]2CCn2cc(C#N)cn2)C1.CO. The van der Waals surface area contributed by atoms with E-state index in [0.717, 1.165) is 74.2 Å². The molecule has 4 fully saturated rings. The largest absolute Gasteiger partial charge is 0.400 e. The molecule has 0 saturated heterocycles. The second kappa shape index (κ2) is 19.6. The zero-order chi connectivity index (χ0) is 28.5. The van der Waals surface area contributed by atoms with Gasteiger partial charge in [-0.05, 0) is 118 Å². The molecule has 0 aliphatic heterocycles. The van der Waals surface area contributed by atoms with Gasteiger partial charge in [-0.25, -0.2) is 0 Å². The molecule has 4 saturated carbocycles. The van der Waals surface area contributed by atoms with Crippen LogP contribution in [0.2, 0.25) is 0 Å². The molecule has 4 aliphatic carbocycles. The number of aliphatic hydroxyl groups excluding tert-OH is 1. The molecule has 8 atom stereocenters. The summed E-state index contributed by atoms with van der Waals surface area (Å²) in [5.41, 5.74) is 0.688. The molecule has 7 unspecified atom stereocenters. The first kappa shape index (κ1) is 34.6. The van der Waals surface area contributed by atoms with E-state index in [0.29, 0.717) is 5.56 Å². The van der Waals surface area contributed by atoms with Crippen molar-refractivity contribution in [3.05, 3.63) is 18.0 Å². The van der Waals surface area contributed by atoms with Crippen LogP contribution in [0.25, 0.3) is 0 Å². The van der Waals surface area contributed by atoms with Crippen molar-refractivity contribution >= 4 is 0 Å². The van der Waals surface area contributed by atoms with Gasteiger partial charge >= 0.3 is 0 Å². The predicted molar refractivity (Wildman–Crippen MR) is 160 cm³/mol. The highest BCUT2D eigenvalue weighted by atomic mass is 16.5. The molecule has 38 heavy (non-hydrogen) atoms. The van der Waals surface area contributed by atoms with E-state index in [4.69, 9.17) is 15.1 Å². The molecule has 1 aromatic heterocycles. The van der Waals surface area contributed by atoms with E-state index >= 15 is 0 Å². The molecule has 1 heterocycles. The minimum atomic E-state index is 0.688. The fourth-order valence-electron chi connectivity index (χ4n) is 8.36. The van der Waals surface area contributed by atoms with Gasteiger partial charge in [-0.1, -0.05) is 41.5 Å². The highest BCUT2D eigenvalue weighted by Gasteiger charge is 2.51. The van der Waals surface area contributed by atoms with Crippen LogP contribution in [0.1, 0.15) is 118 Å². The number of aromatic nitrogens is 2. The molecule has 5 nitrogen and oxygen atoms in total. The maximum absolute atomic E-state index is 9.02. The number of rotatable bonds is 6. The van der Waals surface area contributed by atoms with E-state index in [1.807, 2.05) is 52.4 Å². The Kier molecular flexibility index (Phi) is 17.9. The summed E-state index contributed by atoms with van der Waals surface area (Å²) >= 11 is 0. The molecule has 220 valence electrons. The Morgan fingerprint density at radius 1 is 0.868 bits per heavy atom. The molecular formula is C33H61N3O2. The number of aliphatic hydroxyl groups is 1. The Balaban J connectivity index is 0.000000829. The van der Waals surface area contributed by atoms with Crippen molar-refractivity contribution in [3.63, 3.8) is 0 Å². The predicted octanol–water partition coefficient (Wildman–Crippen LogP) is 8.36. The van der Waals surface area contributed by atoms with Crippen molar-refractivity contribution in [1.82, 2.24) is 9.78 Å². The van der Waals surface area contributed by atoms with Gasteiger partial charge in [0.1, 0.15) is 6.07 Å². The summed E-state index contributed by atoms with van der Waals surface area (Å²) in [5, 5.41) is 20.4. The smallest absolute Gasteiger partial charge is 0.102 e. The Labute approximate surface area is 235 Å². The monoisotopic (exact) mass is 531 g/mol. The highest BCUT2D eigenvalue weighted by Crippen LogP contribution is 2.60. The average Bonchev–Trinajstić information content (AvgIpc) is 3.65. The standard InChI is InChI=1S/C26H39N3O.3C2H6.CH4O/c1-2-30-17-18-3-6-23-21(13-18)5-8-26-24-7-4-20(22(24)9-10-25(23)26)11-12-29-16-19(14-27)15-28-29;4*1-2/h15-16,18,20-26H,2-13,17H2,1H3;3*1-2H3;2H,1H3/t18?,20-,21?,22?,23?,24?,25?,26?;;;;/m1..../s1. The highest BCUT2D eigenvalue weighted by molar-refractivity contribution is 5.21. The molecule has 0 radical (unpaired) electrons. The lowest BCUT2D eigenvalue weighted by atomic mass is 9.52. The van der Waals surface area contributed by atoms with Gasteiger partial charge < -0.3 is 9.84 Å². The fraction of sp³-hybridized carbons (Fsp3) is 0.879. The van der Waals surface area contributed by atoms with Crippen molar-refractivity contribution in [2.75, 3.05) is 20.3 Å². The molecule has 0 spiro atoms. The van der Waals surface area contributed by atoms with Crippen molar-refractivity contribution in [1.29, 1.82) is 5.26 Å². The van der Waals surface area contributed by atoms with Gasteiger partial charge in [0, 0.05) is 33.1 Å². The summed E-state index contributed by atoms with van der Waals surface area (Å²) in [6.07, 6.45) is 18.1. The Morgan fingerprint density at radius 2 is 1.45 bits per heavy atom. The number of hydrogen-bond donors (Lipinski definition) is 1. The van der Waals surface area contributed by atoms with Crippen LogP contribution >= 0.6 is 0 Å². The number of ether oxygens (including phenoxy) is 1. The summed E-state index contributed by atoms with van der Waals surface area (Å²) in [6, 6.07) is 2.20. The lowest BCUT2D eigenvalue weighted by Crippen LogP contribution is -2.45. The summed E-state index contributed by atoms with van der Waals surface area (Å²) in [7, 11) is 1.00. The van der Waals surface area contributed by atoms with Crippen LogP contribution in [0, 0.1) is 58.7 Å². The van der Waals surface area contributed by atoms with Crippen molar-refractivity contribution in [2.45, 2.75) is 119 Å². The molecule has 1 aromatic rings.